The fourth-order valence-corrected chi connectivity index (χ4v) is 2.69. The van der Waals surface area contributed by atoms with Gasteiger partial charge in [-0.05, 0) is 30.9 Å². The summed E-state index contributed by atoms with van der Waals surface area (Å²) in [5.41, 5.74) is -0.0406. The van der Waals surface area contributed by atoms with E-state index < -0.39 is 5.82 Å². The fraction of sp³-hybridized carbons (Fsp3) is 0.438. The number of terminal acetylenes is 1. The largest absolute Gasteiger partial charge is 0.369 e. The number of amides is 1. The molecule has 0 radical (unpaired) electrons. The Morgan fingerprint density at radius 1 is 1.48 bits per heavy atom. The maximum atomic E-state index is 13.8. The second kappa shape index (κ2) is 7.44. The molecule has 0 unspecified atom stereocenters. The Morgan fingerprint density at radius 3 is 2.81 bits per heavy atom. The van der Waals surface area contributed by atoms with Gasteiger partial charge >= 0.3 is 0 Å². The van der Waals surface area contributed by atoms with Crippen LogP contribution in [0.4, 0.5) is 4.39 Å². The molecule has 0 aliphatic carbocycles. The van der Waals surface area contributed by atoms with E-state index in [1.165, 1.54) is 18.2 Å². The van der Waals surface area contributed by atoms with E-state index in [0.29, 0.717) is 32.2 Å². The summed E-state index contributed by atoms with van der Waals surface area (Å²) in [6.45, 7) is 2.07. The number of hydrogen-bond donors (Lipinski definition) is 0. The zero-order chi connectivity index (χ0) is 15.2. The molecule has 3 nitrogen and oxygen atoms in total. The lowest BCUT2D eigenvalue weighted by molar-refractivity contribution is 0.0578. The molecule has 0 saturated carbocycles. The molecule has 1 fully saturated rings. The number of piperidine rings is 1. The van der Waals surface area contributed by atoms with Crippen molar-refractivity contribution < 1.29 is 13.9 Å². The maximum Gasteiger partial charge on any atom is 0.258 e. The zero-order valence-electron chi connectivity index (χ0n) is 11.6. The summed E-state index contributed by atoms with van der Waals surface area (Å²) in [6.07, 6.45) is 6.77. The highest BCUT2D eigenvalue weighted by atomic mass is 35.5. The molecule has 0 aromatic heterocycles. The summed E-state index contributed by atoms with van der Waals surface area (Å²) in [4.78, 5) is 14.0. The first-order chi connectivity index (χ1) is 10.1. The number of ether oxygens (including phenoxy) is 1. The summed E-state index contributed by atoms with van der Waals surface area (Å²) >= 11 is 5.93. The Balaban J connectivity index is 1.93. The minimum absolute atomic E-state index is 0.0406. The average molecular weight is 310 g/mol. The Morgan fingerprint density at radius 2 is 2.19 bits per heavy atom. The molecule has 1 aromatic carbocycles. The Kier molecular flexibility index (Phi) is 5.60. The van der Waals surface area contributed by atoms with Crippen molar-refractivity contribution in [2.45, 2.75) is 12.8 Å². The first kappa shape index (κ1) is 15.8. The number of halogens is 2. The Labute approximate surface area is 129 Å². The average Bonchev–Trinajstić information content (AvgIpc) is 2.48. The minimum Gasteiger partial charge on any atom is -0.369 e. The molecule has 1 aromatic rings. The number of nitrogens with zero attached hydrogens (tertiary/aromatic N) is 1. The molecule has 21 heavy (non-hydrogen) atoms. The van der Waals surface area contributed by atoms with Gasteiger partial charge < -0.3 is 9.64 Å². The number of benzene rings is 1. The molecule has 1 aliphatic heterocycles. The predicted octanol–water partition coefficient (Wildman–Crippen LogP) is 2.98. The summed E-state index contributed by atoms with van der Waals surface area (Å²) in [5.74, 6) is 1.89. The number of likely N-dealkylation sites (tertiary alicyclic amines) is 1. The van der Waals surface area contributed by atoms with Gasteiger partial charge in [0.25, 0.3) is 5.91 Å². The number of hydrogen-bond acceptors (Lipinski definition) is 2. The minimum atomic E-state index is -0.577. The molecule has 1 saturated heterocycles. The van der Waals surface area contributed by atoms with Crippen LogP contribution in [0.25, 0.3) is 0 Å². The predicted molar refractivity (Wildman–Crippen MR) is 79.7 cm³/mol. The molecular weight excluding hydrogens is 293 g/mol. The Hall–Kier alpha value is -1.57. The van der Waals surface area contributed by atoms with E-state index in [1.807, 2.05) is 0 Å². The second-order valence-corrected chi connectivity index (χ2v) is 5.46. The van der Waals surface area contributed by atoms with Crippen molar-refractivity contribution in [1.82, 2.24) is 4.90 Å². The van der Waals surface area contributed by atoms with Gasteiger partial charge in [0.15, 0.2) is 0 Å². The smallest absolute Gasteiger partial charge is 0.258 e. The van der Waals surface area contributed by atoms with Gasteiger partial charge in [-0.15, -0.1) is 6.42 Å². The summed E-state index contributed by atoms with van der Waals surface area (Å²) in [5, 5.41) is 0.152. The van der Waals surface area contributed by atoms with Crippen LogP contribution in [0.3, 0.4) is 0 Å². The van der Waals surface area contributed by atoms with Crippen LogP contribution in [-0.2, 0) is 4.74 Å². The van der Waals surface area contributed by atoms with Crippen molar-refractivity contribution in [1.29, 1.82) is 0 Å². The molecule has 0 atom stereocenters. The molecule has 1 amide bonds. The van der Waals surface area contributed by atoms with Gasteiger partial charge in [-0.1, -0.05) is 23.6 Å². The van der Waals surface area contributed by atoms with Crippen molar-refractivity contribution in [3.05, 3.63) is 34.6 Å². The second-order valence-electron chi connectivity index (χ2n) is 5.05. The van der Waals surface area contributed by atoms with Crippen LogP contribution in [0, 0.1) is 24.1 Å². The quantitative estimate of drug-likeness (QED) is 0.632. The maximum absolute atomic E-state index is 13.8. The van der Waals surface area contributed by atoms with Crippen LogP contribution in [0.1, 0.15) is 23.2 Å². The molecule has 0 N–H and O–H groups in total. The molecule has 1 aliphatic rings. The summed E-state index contributed by atoms with van der Waals surface area (Å²) < 4.78 is 19.1. The van der Waals surface area contributed by atoms with Crippen molar-refractivity contribution in [2.24, 2.45) is 5.92 Å². The molecule has 1 heterocycles. The van der Waals surface area contributed by atoms with E-state index in [2.05, 4.69) is 5.92 Å². The van der Waals surface area contributed by atoms with Crippen molar-refractivity contribution >= 4 is 17.5 Å². The fourth-order valence-electron chi connectivity index (χ4n) is 2.45. The van der Waals surface area contributed by atoms with Crippen LogP contribution >= 0.6 is 11.6 Å². The third-order valence-electron chi connectivity index (χ3n) is 3.62. The molecule has 2 rings (SSSR count). The normalized spacial score (nSPS) is 15.8. The lowest BCUT2D eigenvalue weighted by Crippen LogP contribution is -2.39. The van der Waals surface area contributed by atoms with E-state index in [0.717, 1.165) is 12.8 Å². The van der Waals surface area contributed by atoms with Crippen LogP contribution in [0.15, 0.2) is 18.2 Å². The van der Waals surface area contributed by atoms with Gasteiger partial charge in [-0.2, -0.15) is 0 Å². The van der Waals surface area contributed by atoms with Gasteiger partial charge in [0.2, 0.25) is 0 Å². The lowest BCUT2D eigenvalue weighted by Gasteiger charge is -2.32. The van der Waals surface area contributed by atoms with E-state index in [4.69, 9.17) is 22.8 Å². The third kappa shape index (κ3) is 3.96. The lowest BCUT2D eigenvalue weighted by atomic mass is 9.97. The van der Waals surface area contributed by atoms with Gasteiger partial charge in [-0.3, -0.25) is 4.79 Å². The highest BCUT2D eigenvalue weighted by Gasteiger charge is 2.26. The number of rotatable bonds is 4. The third-order valence-corrected chi connectivity index (χ3v) is 3.93. The highest BCUT2D eigenvalue weighted by molar-refractivity contribution is 6.33. The van der Waals surface area contributed by atoms with Gasteiger partial charge in [0, 0.05) is 13.1 Å². The van der Waals surface area contributed by atoms with Crippen molar-refractivity contribution in [3.8, 4) is 12.3 Å². The van der Waals surface area contributed by atoms with Crippen molar-refractivity contribution in [3.63, 3.8) is 0 Å². The van der Waals surface area contributed by atoms with E-state index in [-0.39, 0.29) is 16.5 Å². The molecule has 0 spiro atoms. The Bertz CT molecular complexity index is 527. The van der Waals surface area contributed by atoms with E-state index in [9.17, 15) is 9.18 Å². The van der Waals surface area contributed by atoms with Gasteiger partial charge in [0.1, 0.15) is 12.4 Å². The van der Waals surface area contributed by atoms with E-state index >= 15 is 0 Å². The van der Waals surface area contributed by atoms with Gasteiger partial charge in [-0.25, -0.2) is 4.39 Å². The highest BCUT2D eigenvalue weighted by Crippen LogP contribution is 2.24. The van der Waals surface area contributed by atoms with Crippen LogP contribution in [-0.4, -0.2) is 37.1 Å². The number of carbonyl (C=O) groups is 1. The summed E-state index contributed by atoms with van der Waals surface area (Å²) in [7, 11) is 0. The topological polar surface area (TPSA) is 29.5 Å². The van der Waals surface area contributed by atoms with Crippen molar-refractivity contribution in [2.75, 3.05) is 26.3 Å². The molecule has 5 heteroatoms. The standard InChI is InChI=1S/C16H17ClFNO2/c1-2-10-21-11-12-6-8-19(9-7-12)16(20)15-13(17)4-3-5-14(15)18/h1,3-5,12H,6-11H2. The zero-order valence-corrected chi connectivity index (χ0v) is 12.4. The number of carbonyl (C=O) groups excluding carboxylic acids is 1. The van der Waals surface area contributed by atoms with E-state index in [1.54, 1.807) is 4.90 Å². The first-order valence-electron chi connectivity index (χ1n) is 6.88. The molecular formula is C16H17ClFNO2. The van der Waals surface area contributed by atoms with Gasteiger partial charge in [0.05, 0.1) is 17.2 Å². The molecule has 112 valence electrons. The SMILES string of the molecule is C#CCOCC1CCN(C(=O)c2c(F)cccc2Cl)CC1. The first-order valence-corrected chi connectivity index (χ1v) is 7.25. The van der Waals surface area contributed by atoms with Crippen LogP contribution in [0.2, 0.25) is 5.02 Å². The summed E-state index contributed by atoms with van der Waals surface area (Å²) in [6, 6.07) is 4.27. The van der Waals surface area contributed by atoms with Crippen LogP contribution < -0.4 is 0 Å². The monoisotopic (exact) mass is 309 g/mol. The van der Waals surface area contributed by atoms with Crippen LogP contribution in [0.5, 0.6) is 0 Å². The molecule has 0 bridgehead atoms.